The van der Waals surface area contributed by atoms with Crippen molar-refractivity contribution < 1.29 is 9.18 Å². The Kier molecular flexibility index (Phi) is 3.37. The number of benzene rings is 1. The summed E-state index contributed by atoms with van der Waals surface area (Å²) in [5.41, 5.74) is 8.77. The van der Waals surface area contributed by atoms with E-state index in [1.54, 1.807) is 12.1 Å². The monoisotopic (exact) mass is 323 g/mol. The summed E-state index contributed by atoms with van der Waals surface area (Å²) in [4.78, 5) is 16.4. The lowest BCUT2D eigenvalue weighted by Gasteiger charge is -2.18. The maximum absolute atomic E-state index is 13.5. The van der Waals surface area contributed by atoms with E-state index in [0.29, 0.717) is 17.0 Å². The average Bonchev–Trinajstić information content (AvgIpc) is 3.35. The van der Waals surface area contributed by atoms with E-state index in [1.807, 2.05) is 23.8 Å². The third-order valence-corrected chi connectivity index (χ3v) is 4.73. The molecular formula is C19H18FN3O. The van der Waals surface area contributed by atoms with Gasteiger partial charge in [-0.05, 0) is 61.6 Å². The third-order valence-electron chi connectivity index (χ3n) is 4.73. The van der Waals surface area contributed by atoms with E-state index in [0.717, 1.165) is 11.2 Å². The zero-order valence-corrected chi connectivity index (χ0v) is 13.4. The number of amides is 1. The summed E-state index contributed by atoms with van der Waals surface area (Å²) >= 11 is 0. The molecule has 1 aromatic carbocycles. The topological polar surface area (TPSA) is 60.9 Å². The lowest BCUT2D eigenvalue weighted by Crippen LogP contribution is -2.20. The molecule has 0 unspecified atom stereocenters. The second kappa shape index (κ2) is 5.44. The van der Waals surface area contributed by atoms with E-state index in [4.69, 9.17) is 5.73 Å². The molecule has 5 heteroatoms. The third kappa shape index (κ3) is 2.46. The number of carbonyl (C=O) groups excluding carboxylic acids is 1. The molecule has 0 spiro atoms. The molecule has 24 heavy (non-hydrogen) atoms. The molecule has 1 fully saturated rings. The molecule has 0 radical (unpaired) electrons. The van der Waals surface area contributed by atoms with Crippen LogP contribution < -0.4 is 5.73 Å². The van der Waals surface area contributed by atoms with Crippen LogP contribution in [0.4, 0.5) is 4.39 Å². The van der Waals surface area contributed by atoms with Crippen LogP contribution in [0.1, 0.15) is 53.5 Å². The van der Waals surface area contributed by atoms with E-state index in [-0.39, 0.29) is 11.9 Å². The number of nitrogens with two attached hydrogens (primary N) is 1. The van der Waals surface area contributed by atoms with Crippen molar-refractivity contribution in [3.63, 3.8) is 0 Å². The van der Waals surface area contributed by atoms with E-state index in [1.165, 1.54) is 30.5 Å². The van der Waals surface area contributed by atoms with Gasteiger partial charge in [0.15, 0.2) is 0 Å². The van der Waals surface area contributed by atoms with E-state index >= 15 is 0 Å². The molecule has 0 bridgehead atoms. The van der Waals surface area contributed by atoms with Gasteiger partial charge in [0, 0.05) is 17.1 Å². The standard InChI is InChI=1S/C19H18FN3O/c1-11(16-6-4-13(10-22-16)12-2-3-12)23-17-7-5-15(20)8-14(17)9-18(23)19(21)24/h4-12H,2-3H2,1H3,(H2,21,24)/t11-/m1/s1. The summed E-state index contributed by atoms with van der Waals surface area (Å²) in [7, 11) is 0. The van der Waals surface area contributed by atoms with Crippen LogP contribution in [0.3, 0.4) is 0 Å². The average molecular weight is 323 g/mol. The molecular weight excluding hydrogens is 305 g/mol. The van der Waals surface area contributed by atoms with Gasteiger partial charge in [0.2, 0.25) is 0 Å². The van der Waals surface area contributed by atoms with Crippen LogP contribution in [-0.4, -0.2) is 15.5 Å². The number of rotatable bonds is 4. The Labute approximate surface area is 139 Å². The minimum atomic E-state index is -0.534. The zero-order chi connectivity index (χ0) is 16.8. The van der Waals surface area contributed by atoms with Gasteiger partial charge in [0.1, 0.15) is 11.5 Å². The summed E-state index contributed by atoms with van der Waals surface area (Å²) in [6.07, 6.45) is 4.38. The van der Waals surface area contributed by atoms with Gasteiger partial charge in [0.05, 0.1) is 11.7 Å². The fourth-order valence-corrected chi connectivity index (χ4v) is 3.27. The number of fused-ring (bicyclic) bond motifs is 1. The highest BCUT2D eigenvalue weighted by molar-refractivity contribution is 5.98. The first-order valence-corrected chi connectivity index (χ1v) is 8.10. The van der Waals surface area contributed by atoms with Crippen molar-refractivity contribution in [1.29, 1.82) is 0 Å². The maximum Gasteiger partial charge on any atom is 0.265 e. The highest BCUT2D eigenvalue weighted by atomic mass is 19.1. The van der Waals surface area contributed by atoms with Crippen LogP contribution in [0.15, 0.2) is 42.6 Å². The second-order valence-corrected chi connectivity index (χ2v) is 6.43. The fourth-order valence-electron chi connectivity index (χ4n) is 3.27. The van der Waals surface area contributed by atoms with Crippen molar-refractivity contribution in [3.05, 3.63) is 65.4 Å². The Balaban J connectivity index is 1.81. The van der Waals surface area contributed by atoms with Crippen LogP contribution in [-0.2, 0) is 0 Å². The van der Waals surface area contributed by atoms with Gasteiger partial charge in [-0.25, -0.2) is 4.39 Å². The Morgan fingerprint density at radius 2 is 2.08 bits per heavy atom. The number of nitrogens with zero attached hydrogens (tertiary/aromatic N) is 2. The largest absolute Gasteiger partial charge is 0.364 e. The van der Waals surface area contributed by atoms with E-state index in [2.05, 4.69) is 11.1 Å². The van der Waals surface area contributed by atoms with Gasteiger partial charge in [-0.3, -0.25) is 9.78 Å². The molecule has 1 atom stereocenters. The van der Waals surface area contributed by atoms with Crippen LogP contribution in [0.5, 0.6) is 0 Å². The summed E-state index contributed by atoms with van der Waals surface area (Å²) in [5, 5.41) is 0.658. The highest BCUT2D eigenvalue weighted by Gasteiger charge is 2.24. The molecule has 3 aromatic rings. The van der Waals surface area contributed by atoms with E-state index in [9.17, 15) is 9.18 Å². The first-order chi connectivity index (χ1) is 11.5. The summed E-state index contributed by atoms with van der Waals surface area (Å²) in [6, 6.07) is 10.0. The van der Waals surface area contributed by atoms with Gasteiger partial charge < -0.3 is 10.3 Å². The molecule has 1 aliphatic carbocycles. The number of aromatic nitrogens is 2. The van der Waals surface area contributed by atoms with Crippen LogP contribution >= 0.6 is 0 Å². The van der Waals surface area contributed by atoms with Crippen LogP contribution in [0.2, 0.25) is 0 Å². The molecule has 2 aromatic heterocycles. The first kappa shape index (κ1) is 14.9. The number of hydrogen-bond donors (Lipinski definition) is 1. The first-order valence-electron chi connectivity index (χ1n) is 8.10. The predicted octanol–water partition coefficient (Wildman–Crippen LogP) is 3.76. The molecule has 4 rings (SSSR count). The molecule has 2 heterocycles. The van der Waals surface area contributed by atoms with Crippen molar-refractivity contribution in [2.45, 2.75) is 31.7 Å². The van der Waals surface area contributed by atoms with Gasteiger partial charge in [0.25, 0.3) is 5.91 Å². The van der Waals surface area contributed by atoms with Crippen molar-refractivity contribution in [1.82, 2.24) is 9.55 Å². The maximum atomic E-state index is 13.5. The van der Waals surface area contributed by atoms with Crippen LogP contribution in [0, 0.1) is 5.82 Å². The number of carbonyl (C=O) groups is 1. The van der Waals surface area contributed by atoms with Crippen LogP contribution in [0.25, 0.3) is 10.9 Å². The molecule has 1 amide bonds. The van der Waals surface area contributed by atoms with Gasteiger partial charge in [-0.2, -0.15) is 0 Å². The number of hydrogen-bond acceptors (Lipinski definition) is 2. The zero-order valence-electron chi connectivity index (χ0n) is 13.4. The molecule has 4 nitrogen and oxygen atoms in total. The van der Waals surface area contributed by atoms with Gasteiger partial charge in [-0.1, -0.05) is 6.07 Å². The molecule has 0 aliphatic heterocycles. The Hall–Kier alpha value is -2.69. The van der Waals surface area contributed by atoms with Gasteiger partial charge in [-0.15, -0.1) is 0 Å². The SMILES string of the molecule is C[C@H](c1ccc(C2CC2)cn1)n1c(C(N)=O)cc2cc(F)ccc21. The summed E-state index contributed by atoms with van der Waals surface area (Å²) < 4.78 is 15.3. The summed E-state index contributed by atoms with van der Waals surface area (Å²) in [6.45, 7) is 1.97. The smallest absolute Gasteiger partial charge is 0.265 e. The second-order valence-electron chi connectivity index (χ2n) is 6.43. The van der Waals surface area contributed by atoms with E-state index < -0.39 is 5.91 Å². The van der Waals surface area contributed by atoms with Crippen molar-refractivity contribution >= 4 is 16.8 Å². The molecule has 0 saturated heterocycles. The van der Waals surface area contributed by atoms with Crippen molar-refractivity contribution in [3.8, 4) is 0 Å². The predicted molar refractivity (Wildman–Crippen MR) is 90.4 cm³/mol. The molecule has 122 valence electrons. The van der Waals surface area contributed by atoms with Gasteiger partial charge >= 0.3 is 0 Å². The Morgan fingerprint density at radius 3 is 2.71 bits per heavy atom. The number of pyridine rings is 1. The number of primary amides is 1. The minimum absolute atomic E-state index is 0.177. The quantitative estimate of drug-likeness (QED) is 0.794. The van der Waals surface area contributed by atoms with Crippen molar-refractivity contribution in [2.75, 3.05) is 0 Å². The molecule has 1 aliphatic rings. The Bertz CT molecular complexity index is 926. The number of halogens is 1. The minimum Gasteiger partial charge on any atom is -0.364 e. The Morgan fingerprint density at radius 1 is 1.29 bits per heavy atom. The normalized spacial score (nSPS) is 15.6. The highest BCUT2D eigenvalue weighted by Crippen LogP contribution is 2.40. The summed E-state index contributed by atoms with van der Waals surface area (Å²) in [5.74, 6) is -0.221. The fraction of sp³-hybridized carbons (Fsp3) is 0.263. The molecule has 1 saturated carbocycles. The molecule has 2 N–H and O–H groups in total. The van der Waals surface area contributed by atoms with Crippen molar-refractivity contribution in [2.24, 2.45) is 5.73 Å². The lowest BCUT2D eigenvalue weighted by molar-refractivity contribution is 0.0991. The lowest BCUT2D eigenvalue weighted by atomic mass is 10.1.